The lowest BCUT2D eigenvalue weighted by Crippen LogP contribution is -2.06. The number of aryl methyl sites for hydroxylation is 1. The van der Waals surface area contributed by atoms with Crippen molar-refractivity contribution in [1.29, 1.82) is 0 Å². The SMILES string of the molecule is O=C(O)CCn1c(-c2cc(Br)sc2Br)nc2ccccc21. The van der Waals surface area contributed by atoms with Crippen molar-refractivity contribution >= 4 is 60.2 Å². The van der Waals surface area contributed by atoms with Crippen LogP contribution in [0.3, 0.4) is 0 Å². The zero-order valence-corrected chi connectivity index (χ0v) is 14.7. The third-order valence-corrected chi connectivity index (χ3v) is 5.44. The highest BCUT2D eigenvalue weighted by Crippen LogP contribution is 2.39. The van der Waals surface area contributed by atoms with Gasteiger partial charge in [0.1, 0.15) is 5.82 Å². The Morgan fingerprint density at radius 3 is 2.76 bits per heavy atom. The summed E-state index contributed by atoms with van der Waals surface area (Å²) in [6.07, 6.45) is 0.0658. The molecule has 0 fully saturated rings. The van der Waals surface area contributed by atoms with Crippen LogP contribution >= 0.6 is 43.2 Å². The Balaban J connectivity index is 2.18. The summed E-state index contributed by atoms with van der Waals surface area (Å²) in [6.45, 7) is 0.394. The van der Waals surface area contributed by atoms with Gasteiger partial charge in [-0.1, -0.05) is 12.1 Å². The number of rotatable bonds is 4. The summed E-state index contributed by atoms with van der Waals surface area (Å²) < 4.78 is 3.94. The van der Waals surface area contributed by atoms with Gasteiger partial charge in [-0.15, -0.1) is 11.3 Å². The monoisotopic (exact) mass is 428 g/mol. The smallest absolute Gasteiger partial charge is 0.305 e. The Labute approximate surface area is 141 Å². The van der Waals surface area contributed by atoms with E-state index in [-0.39, 0.29) is 6.42 Å². The van der Waals surface area contributed by atoms with Crippen LogP contribution in [0.4, 0.5) is 0 Å². The van der Waals surface area contributed by atoms with Crippen LogP contribution in [0.25, 0.3) is 22.4 Å². The predicted octanol–water partition coefficient (Wildman–Crippen LogP) is 4.76. The molecular weight excluding hydrogens is 420 g/mol. The number of nitrogens with zero attached hydrogens (tertiary/aromatic N) is 2. The summed E-state index contributed by atoms with van der Waals surface area (Å²) >= 11 is 8.58. The van der Waals surface area contributed by atoms with Gasteiger partial charge in [0, 0.05) is 12.1 Å². The lowest BCUT2D eigenvalue weighted by atomic mass is 10.3. The van der Waals surface area contributed by atoms with Gasteiger partial charge in [0.2, 0.25) is 0 Å². The summed E-state index contributed by atoms with van der Waals surface area (Å²) in [6, 6.07) is 9.75. The third-order valence-electron chi connectivity index (χ3n) is 3.10. The second-order valence-electron chi connectivity index (χ2n) is 4.46. The van der Waals surface area contributed by atoms with Gasteiger partial charge in [-0.05, 0) is 50.1 Å². The van der Waals surface area contributed by atoms with Crippen molar-refractivity contribution in [2.24, 2.45) is 0 Å². The van der Waals surface area contributed by atoms with E-state index in [0.717, 1.165) is 30.0 Å². The molecule has 0 radical (unpaired) electrons. The molecule has 4 nitrogen and oxygen atoms in total. The first-order chi connectivity index (χ1) is 10.1. The van der Waals surface area contributed by atoms with Crippen LogP contribution < -0.4 is 0 Å². The summed E-state index contributed by atoms with van der Waals surface area (Å²) in [5.74, 6) is -0.0319. The minimum absolute atomic E-state index is 0.0658. The minimum atomic E-state index is -0.815. The number of hydrogen-bond donors (Lipinski definition) is 1. The molecule has 0 unspecified atom stereocenters. The van der Waals surface area contributed by atoms with Crippen molar-refractivity contribution in [3.63, 3.8) is 0 Å². The standard InChI is InChI=1S/C14H10Br2N2O2S/c15-11-7-8(13(16)21-11)14-17-9-3-1-2-4-10(9)18(14)6-5-12(19)20/h1-4,7H,5-6H2,(H,19,20). The van der Waals surface area contributed by atoms with Crippen LogP contribution in [0.15, 0.2) is 37.9 Å². The molecule has 108 valence electrons. The fourth-order valence-corrected chi connectivity index (χ4v) is 5.00. The van der Waals surface area contributed by atoms with Crippen LogP contribution in [0, 0.1) is 0 Å². The maximum atomic E-state index is 10.9. The average Bonchev–Trinajstić information content (AvgIpc) is 2.96. The molecule has 3 rings (SSSR count). The van der Waals surface area contributed by atoms with Gasteiger partial charge in [0.15, 0.2) is 0 Å². The quantitative estimate of drug-likeness (QED) is 0.650. The van der Waals surface area contributed by atoms with Crippen molar-refractivity contribution in [3.8, 4) is 11.4 Å². The molecule has 0 amide bonds. The van der Waals surface area contributed by atoms with Gasteiger partial charge in [-0.3, -0.25) is 4.79 Å². The van der Waals surface area contributed by atoms with Crippen molar-refractivity contribution in [3.05, 3.63) is 37.9 Å². The van der Waals surface area contributed by atoms with Crippen molar-refractivity contribution < 1.29 is 9.90 Å². The molecule has 0 spiro atoms. The first kappa shape index (κ1) is 14.7. The fraction of sp³-hybridized carbons (Fsp3) is 0.143. The van der Waals surface area contributed by atoms with Crippen molar-refractivity contribution in [1.82, 2.24) is 9.55 Å². The van der Waals surface area contributed by atoms with Crippen molar-refractivity contribution in [2.75, 3.05) is 0 Å². The molecule has 7 heteroatoms. The zero-order valence-electron chi connectivity index (χ0n) is 10.7. The van der Waals surface area contributed by atoms with E-state index in [0.29, 0.717) is 6.54 Å². The third kappa shape index (κ3) is 2.90. The van der Waals surface area contributed by atoms with E-state index >= 15 is 0 Å². The lowest BCUT2D eigenvalue weighted by molar-refractivity contribution is -0.137. The van der Waals surface area contributed by atoms with E-state index in [1.165, 1.54) is 0 Å². The number of carboxylic acids is 1. The van der Waals surface area contributed by atoms with Gasteiger partial charge in [0.25, 0.3) is 0 Å². The van der Waals surface area contributed by atoms with Crippen LogP contribution in [0.5, 0.6) is 0 Å². The molecule has 3 aromatic rings. The molecule has 21 heavy (non-hydrogen) atoms. The molecular formula is C14H10Br2N2O2S. The highest BCUT2D eigenvalue weighted by atomic mass is 79.9. The van der Waals surface area contributed by atoms with Gasteiger partial charge < -0.3 is 9.67 Å². The Morgan fingerprint density at radius 1 is 1.33 bits per heavy atom. The molecule has 2 aromatic heterocycles. The second-order valence-corrected chi connectivity index (χ2v) is 8.21. The highest BCUT2D eigenvalue weighted by Gasteiger charge is 2.17. The number of benzene rings is 1. The van der Waals surface area contributed by atoms with Crippen LogP contribution in [-0.2, 0) is 11.3 Å². The Bertz CT molecular complexity index is 826. The molecule has 0 aliphatic carbocycles. The number of carbonyl (C=O) groups is 1. The van der Waals surface area contributed by atoms with Crippen LogP contribution in [0.1, 0.15) is 6.42 Å². The van der Waals surface area contributed by atoms with E-state index in [9.17, 15) is 4.79 Å². The van der Waals surface area contributed by atoms with Crippen molar-refractivity contribution in [2.45, 2.75) is 13.0 Å². The van der Waals surface area contributed by atoms with E-state index in [1.54, 1.807) is 11.3 Å². The van der Waals surface area contributed by atoms with E-state index < -0.39 is 5.97 Å². The number of aliphatic carboxylic acids is 1. The average molecular weight is 430 g/mol. The molecule has 0 bridgehead atoms. The fourth-order valence-electron chi connectivity index (χ4n) is 2.21. The molecule has 2 heterocycles. The lowest BCUT2D eigenvalue weighted by Gasteiger charge is -2.07. The van der Waals surface area contributed by atoms with E-state index in [2.05, 4.69) is 36.8 Å². The number of halogens is 2. The normalized spacial score (nSPS) is 11.1. The predicted molar refractivity (Wildman–Crippen MR) is 90.7 cm³/mol. The van der Waals surface area contributed by atoms with Gasteiger partial charge in [-0.25, -0.2) is 4.98 Å². The van der Waals surface area contributed by atoms with Crippen LogP contribution in [0.2, 0.25) is 0 Å². The van der Waals surface area contributed by atoms with Gasteiger partial charge >= 0.3 is 5.97 Å². The number of aromatic nitrogens is 2. The van der Waals surface area contributed by atoms with Gasteiger partial charge in [0.05, 0.1) is 25.0 Å². The highest BCUT2D eigenvalue weighted by molar-refractivity contribution is 9.12. The molecule has 0 saturated carbocycles. The molecule has 1 aromatic carbocycles. The maximum absolute atomic E-state index is 10.9. The molecule has 0 aliphatic rings. The first-order valence-electron chi connectivity index (χ1n) is 6.18. The summed E-state index contributed by atoms with van der Waals surface area (Å²) in [5.41, 5.74) is 2.78. The number of para-hydroxylation sites is 2. The van der Waals surface area contributed by atoms with E-state index in [1.807, 2.05) is 34.9 Å². The first-order valence-corrected chi connectivity index (χ1v) is 8.59. The van der Waals surface area contributed by atoms with Gasteiger partial charge in [-0.2, -0.15) is 0 Å². The molecule has 0 aliphatic heterocycles. The number of thiophene rings is 1. The van der Waals surface area contributed by atoms with E-state index in [4.69, 9.17) is 5.11 Å². The number of hydrogen-bond acceptors (Lipinski definition) is 3. The zero-order chi connectivity index (χ0) is 15.0. The Kier molecular flexibility index (Phi) is 4.14. The second kappa shape index (κ2) is 5.90. The minimum Gasteiger partial charge on any atom is -0.481 e. The Morgan fingerprint density at radius 2 is 2.10 bits per heavy atom. The molecule has 1 N–H and O–H groups in total. The number of carboxylic acid groups (broad SMARTS) is 1. The topological polar surface area (TPSA) is 55.1 Å². The number of imidazole rings is 1. The number of fused-ring (bicyclic) bond motifs is 1. The Hall–Kier alpha value is -1.18. The largest absolute Gasteiger partial charge is 0.481 e. The summed E-state index contributed by atoms with van der Waals surface area (Å²) in [7, 11) is 0. The summed E-state index contributed by atoms with van der Waals surface area (Å²) in [4.78, 5) is 15.6. The summed E-state index contributed by atoms with van der Waals surface area (Å²) in [5, 5.41) is 8.96. The maximum Gasteiger partial charge on any atom is 0.305 e. The van der Waals surface area contributed by atoms with Crippen LogP contribution in [-0.4, -0.2) is 20.6 Å². The molecule has 0 atom stereocenters. The molecule has 0 saturated heterocycles.